The van der Waals surface area contributed by atoms with Crippen LogP contribution in [0.3, 0.4) is 0 Å². The number of nitrogens with one attached hydrogen (secondary N) is 2. The maximum absolute atomic E-state index is 12.6. The van der Waals surface area contributed by atoms with Gasteiger partial charge in [-0.25, -0.2) is 0 Å². The topological polar surface area (TPSA) is 106 Å². The molecule has 0 radical (unpaired) electrons. The molecule has 2 aliphatic heterocycles. The van der Waals surface area contributed by atoms with Crippen molar-refractivity contribution >= 4 is 11.8 Å². The highest BCUT2D eigenvalue weighted by Gasteiger charge is 2.31. The van der Waals surface area contributed by atoms with Crippen molar-refractivity contribution in [3.8, 4) is 17.2 Å². The van der Waals surface area contributed by atoms with Gasteiger partial charge in [0, 0.05) is 26.2 Å². The second-order valence-corrected chi connectivity index (χ2v) is 6.43. The zero-order valence-corrected chi connectivity index (χ0v) is 14.9. The van der Waals surface area contributed by atoms with E-state index in [9.17, 15) is 9.59 Å². The average Bonchev–Trinajstić information content (AvgIpc) is 3.45. The molecule has 3 heterocycles. The zero-order chi connectivity index (χ0) is 18.8. The molecule has 0 saturated carbocycles. The lowest BCUT2D eigenvalue weighted by atomic mass is 10.1. The van der Waals surface area contributed by atoms with Crippen LogP contribution in [-0.2, 0) is 11.4 Å². The monoisotopic (exact) mass is 372 g/mol. The van der Waals surface area contributed by atoms with Crippen molar-refractivity contribution in [3.05, 3.63) is 35.7 Å². The van der Waals surface area contributed by atoms with Gasteiger partial charge in [0.25, 0.3) is 5.91 Å². The lowest BCUT2D eigenvalue weighted by Crippen LogP contribution is -2.33. The second kappa shape index (κ2) is 7.18. The van der Waals surface area contributed by atoms with Crippen LogP contribution in [-0.4, -0.2) is 53.8 Å². The second-order valence-electron chi connectivity index (χ2n) is 6.43. The van der Waals surface area contributed by atoms with Gasteiger partial charge in [0.2, 0.25) is 12.7 Å². The van der Waals surface area contributed by atoms with Gasteiger partial charge in [-0.3, -0.25) is 14.7 Å². The molecule has 27 heavy (non-hydrogen) atoms. The van der Waals surface area contributed by atoms with E-state index < -0.39 is 0 Å². The molecule has 1 fully saturated rings. The highest BCUT2D eigenvalue weighted by atomic mass is 16.7. The predicted octanol–water partition coefficient (Wildman–Crippen LogP) is 0.925. The largest absolute Gasteiger partial charge is 0.487 e. The number of fused-ring (bicyclic) bond motifs is 1. The Hall–Kier alpha value is -3.23. The summed E-state index contributed by atoms with van der Waals surface area (Å²) in [6.45, 7) is 1.41. The molecule has 0 unspecified atom stereocenters. The number of rotatable bonds is 5. The number of H-pyrrole nitrogens is 1. The van der Waals surface area contributed by atoms with E-state index in [1.54, 1.807) is 36.2 Å². The normalized spacial score (nSPS) is 17.8. The first-order valence-corrected chi connectivity index (χ1v) is 8.71. The van der Waals surface area contributed by atoms with E-state index in [1.165, 1.54) is 0 Å². The summed E-state index contributed by atoms with van der Waals surface area (Å²) in [5.41, 5.74) is 0.995. The highest BCUT2D eigenvalue weighted by Crippen LogP contribution is 2.35. The van der Waals surface area contributed by atoms with Gasteiger partial charge in [-0.05, 0) is 24.6 Å². The lowest BCUT2D eigenvalue weighted by molar-refractivity contribution is -0.124. The molecule has 2 N–H and O–H groups in total. The first kappa shape index (κ1) is 17.2. The van der Waals surface area contributed by atoms with Gasteiger partial charge in [0.05, 0.1) is 11.6 Å². The summed E-state index contributed by atoms with van der Waals surface area (Å²) in [7, 11) is 1.60. The van der Waals surface area contributed by atoms with Crippen molar-refractivity contribution < 1.29 is 23.8 Å². The first-order chi connectivity index (χ1) is 13.1. The fourth-order valence-corrected chi connectivity index (χ4v) is 3.20. The lowest BCUT2D eigenvalue weighted by Gasteiger charge is -2.14. The molecule has 4 rings (SSSR count). The number of nitrogens with zero attached hydrogens (tertiary/aromatic N) is 2. The van der Waals surface area contributed by atoms with Crippen molar-refractivity contribution in [2.24, 2.45) is 5.92 Å². The van der Waals surface area contributed by atoms with Crippen LogP contribution in [0.15, 0.2) is 24.3 Å². The molecule has 2 aromatic rings. The third-order valence-corrected chi connectivity index (χ3v) is 4.68. The quantitative estimate of drug-likeness (QED) is 0.809. The van der Waals surface area contributed by atoms with Gasteiger partial charge in [-0.2, -0.15) is 5.10 Å². The number of benzene rings is 1. The minimum absolute atomic E-state index is 0.0369. The fourth-order valence-electron chi connectivity index (χ4n) is 3.20. The molecule has 1 atom stereocenters. The van der Waals surface area contributed by atoms with E-state index in [1.807, 2.05) is 0 Å². The number of likely N-dealkylation sites (tertiary alicyclic amines) is 1. The standard InChI is InChI=1S/C18H20N4O5/c1-19-17(23)11-4-5-22(8-11)18(24)14-6-12(20-21-14)9-25-13-2-3-15-16(7-13)27-10-26-15/h2-3,6-7,11H,4-5,8-10H2,1H3,(H,19,23)(H,20,21)/t11-/m1/s1. The number of carbonyl (C=O) groups excluding carboxylic acids is 2. The van der Waals surface area contributed by atoms with Gasteiger partial charge in [0.15, 0.2) is 17.2 Å². The van der Waals surface area contributed by atoms with Crippen LogP contribution < -0.4 is 19.5 Å². The Morgan fingerprint density at radius 1 is 1.33 bits per heavy atom. The zero-order valence-electron chi connectivity index (χ0n) is 14.9. The van der Waals surface area contributed by atoms with Gasteiger partial charge >= 0.3 is 0 Å². The van der Waals surface area contributed by atoms with Crippen LogP contribution in [0.25, 0.3) is 0 Å². The molecular weight excluding hydrogens is 352 g/mol. The maximum Gasteiger partial charge on any atom is 0.274 e. The van der Waals surface area contributed by atoms with Gasteiger partial charge in [-0.1, -0.05) is 0 Å². The Balaban J connectivity index is 1.34. The fraction of sp³-hybridized carbons (Fsp3) is 0.389. The van der Waals surface area contributed by atoms with Crippen LogP contribution in [0, 0.1) is 5.92 Å². The third-order valence-electron chi connectivity index (χ3n) is 4.68. The Labute approximate surface area is 155 Å². The maximum atomic E-state index is 12.6. The highest BCUT2D eigenvalue weighted by molar-refractivity contribution is 5.93. The predicted molar refractivity (Wildman–Crippen MR) is 93.6 cm³/mol. The van der Waals surface area contributed by atoms with E-state index in [2.05, 4.69) is 15.5 Å². The molecule has 9 nitrogen and oxygen atoms in total. The van der Waals surface area contributed by atoms with Crippen molar-refractivity contribution in [1.82, 2.24) is 20.4 Å². The Bertz CT molecular complexity index is 865. The number of carbonyl (C=O) groups is 2. The molecule has 0 bridgehead atoms. The van der Waals surface area contributed by atoms with E-state index in [0.717, 1.165) is 0 Å². The number of ether oxygens (including phenoxy) is 3. The molecule has 9 heteroatoms. The summed E-state index contributed by atoms with van der Waals surface area (Å²) in [6, 6.07) is 7.01. The van der Waals surface area contributed by atoms with Crippen molar-refractivity contribution in [2.45, 2.75) is 13.0 Å². The average molecular weight is 372 g/mol. The molecule has 2 amide bonds. The molecule has 142 valence electrons. The molecule has 0 aliphatic carbocycles. The van der Waals surface area contributed by atoms with Crippen LogP contribution in [0.1, 0.15) is 22.6 Å². The van der Waals surface area contributed by atoms with Crippen LogP contribution in [0.2, 0.25) is 0 Å². The molecule has 1 aromatic heterocycles. The summed E-state index contributed by atoms with van der Waals surface area (Å²) in [5.74, 6) is 1.59. The van der Waals surface area contributed by atoms with Gasteiger partial charge in [0.1, 0.15) is 12.4 Å². The van der Waals surface area contributed by atoms with Crippen LogP contribution in [0.5, 0.6) is 17.2 Å². The molecule has 1 saturated heterocycles. The third kappa shape index (κ3) is 3.53. The molecule has 1 aromatic carbocycles. The number of amides is 2. The minimum atomic E-state index is -0.188. The SMILES string of the molecule is CNC(=O)[C@@H]1CCN(C(=O)c2cc(COc3ccc4c(c3)OCO4)[nH]n2)C1. The summed E-state index contributed by atoms with van der Waals surface area (Å²) >= 11 is 0. The van der Waals surface area contributed by atoms with Crippen molar-refractivity contribution in [1.29, 1.82) is 0 Å². The van der Waals surface area contributed by atoms with Gasteiger partial charge in [-0.15, -0.1) is 0 Å². The van der Waals surface area contributed by atoms with E-state index in [-0.39, 0.29) is 31.1 Å². The number of aromatic amines is 1. The Morgan fingerprint density at radius 2 is 2.19 bits per heavy atom. The summed E-state index contributed by atoms with van der Waals surface area (Å²) < 4.78 is 16.3. The van der Waals surface area contributed by atoms with E-state index in [4.69, 9.17) is 14.2 Å². The summed E-state index contributed by atoms with van der Waals surface area (Å²) in [5, 5.41) is 9.53. The van der Waals surface area contributed by atoms with Crippen LogP contribution >= 0.6 is 0 Å². The molecule has 0 spiro atoms. The smallest absolute Gasteiger partial charge is 0.274 e. The van der Waals surface area contributed by atoms with Crippen LogP contribution in [0.4, 0.5) is 0 Å². The Morgan fingerprint density at radius 3 is 3.04 bits per heavy atom. The number of hydrogen-bond donors (Lipinski definition) is 2. The molecular formula is C18H20N4O5. The van der Waals surface area contributed by atoms with Crippen molar-refractivity contribution in [3.63, 3.8) is 0 Å². The minimum Gasteiger partial charge on any atom is -0.487 e. The number of hydrogen-bond acceptors (Lipinski definition) is 6. The van der Waals surface area contributed by atoms with Crippen molar-refractivity contribution in [2.75, 3.05) is 26.9 Å². The van der Waals surface area contributed by atoms with E-state index in [0.29, 0.717) is 48.1 Å². The van der Waals surface area contributed by atoms with Gasteiger partial charge < -0.3 is 24.4 Å². The Kier molecular flexibility index (Phi) is 4.57. The first-order valence-electron chi connectivity index (χ1n) is 8.71. The molecule has 2 aliphatic rings. The summed E-state index contributed by atoms with van der Waals surface area (Å²) in [6.07, 6.45) is 0.663. The number of aromatic nitrogens is 2. The summed E-state index contributed by atoms with van der Waals surface area (Å²) in [4.78, 5) is 25.9. The van der Waals surface area contributed by atoms with E-state index >= 15 is 0 Å².